The molecule has 1 aliphatic heterocycles. The van der Waals surface area contributed by atoms with Crippen LogP contribution in [0.2, 0.25) is 0 Å². The van der Waals surface area contributed by atoms with E-state index in [9.17, 15) is 4.79 Å². The van der Waals surface area contributed by atoms with Gasteiger partial charge in [-0.3, -0.25) is 4.79 Å². The van der Waals surface area contributed by atoms with Crippen molar-refractivity contribution in [3.8, 4) is 6.07 Å². The number of aliphatic hydroxyl groups excluding tert-OH is 1. The molecule has 0 aliphatic carbocycles. The molecule has 0 bridgehead atoms. The third-order valence-corrected chi connectivity index (χ3v) is 3.19. The van der Waals surface area contributed by atoms with E-state index < -0.39 is 0 Å². The molecule has 5 heteroatoms. The number of nitriles is 1. The Morgan fingerprint density at radius 2 is 2.42 bits per heavy atom. The molecule has 1 saturated heterocycles. The minimum absolute atomic E-state index is 0.0356. The maximum Gasteiger partial charge on any atom is 0.161 e. The summed E-state index contributed by atoms with van der Waals surface area (Å²) in [7, 11) is 0. The van der Waals surface area contributed by atoms with E-state index in [1.807, 2.05) is 4.90 Å². The molecule has 0 aromatic heterocycles. The second kappa shape index (κ2) is 5.83. The number of ketones is 1. The highest BCUT2D eigenvalue weighted by Gasteiger charge is 2.23. The van der Waals surface area contributed by atoms with Gasteiger partial charge in [-0.1, -0.05) is 0 Å². The van der Waals surface area contributed by atoms with Crippen LogP contribution < -0.4 is 4.90 Å². The highest BCUT2D eigenvalue weighted by molar-refractivity contribution is 6.00. The second-order valence-electron chi connectivity index (χ2n) is 4.52. The van der Waals surface area contributed by atoms with Crippen LogP contribution in [0.3, 0.4) is 0 Å². The van der Waals surface area contributed by atoms with Crippen LogP contribution in [0.1, 0.15) is 22.8 Å². The van der Waals surface area contributed by atoms with Crippen LogP contribution >= 0.6 is 0 Å². The molecule has 1 N–H and O–H groups in total. The van der Waals surface area contributed by atoms with E-state index in [0.717, 1.165) is 5.69 Å². The van der Waals surface area contributed by atoms with Crippen molar-refractivity contribution < 1.29 is 14.6 Å². The summed E-state index contributed by atoms with van der Waals surface area (Å²) in [6.45, 7) is 3.12. The number of hydrogen-bond donors (Lipinski definition) is 1. The molecular formula is C14H16N2O3. The highest BCUT2D eigenvalue weighted by atomic mass is 16.5. The van der Waals surface area contributed by atoms with Gasteiger partial charge in [-0.2, -0.15) is 5.26 Å². The predicted octanol–water partition coefficient (Wildman–Crippen LogP) is 0.958. The summed E-state index contributed by atoms with van der Waals surface area (Å²) >= 11 is 0. The summed E-state index contributed by atoms with van der Waals surface area (Å²) in [6.07, 6.45) is -0.251. The Kier molecular flexibility index (Phi) is 4.15. The van der Waals surface area contributed by atoms with E-state index >= 15 is 0 Å². The standard InChI is InChI=1S/C14H16N2O3/c1-10(18)13-3-2-11(7-15)6-14(13)16-4-5-19-12(8-16)9-17/h2-3,6,12,17H,4-5,8-9H2,1H3. The first-order valence-corrected chi connectivity index (χ1v) is 6.18. The molecule has 1 aromatic rings. The van der Waals surface area contributed by atoms with E-state index in [-0.39, 0.29) is 18.5 Å². The van der Waals surface area contributed by atoms with Crippen molar-refractivity contribution in [3.63, 3.8) is 0 Å². The van der Waals surface area contributed by atoms with Crippen molar-refractivity contribution in [3.05, 3.63) is 29.3 Å². The van der Waals surface area contributed by atoms with Crippen molar-refractivity contribution in [2.75, 3.05) is 31.2 Å². The van der Waals surface area contributed by atoms with Gasteiger partial charge in [-0.05, 0) is 25.1 Å². The van der Waals surface area contributed by atoms with Crippen LogP contribution in [0.4, 0.5) is 5.69 Å². The quantitative estimate of drug-likeness (QED) is 0.819. The Bertz CT molecular complexity index is 522. The second-order valence-corrected chi connectivity index (χ2v) is 4.52. The van der Waals surface area contributed by atoms with Gasteiger partial charge in [-0.25, -0.2) is 0 Å². The fourth-order valence-electron chi connectivity index (χ4n) is 2.21. The van der Waals surface area contributed by atoms with Gasteiger partial charge in [0.1, 0.15) is 0 Å². The van der Waals surface area contributed by atoms with Gasteiger partial charge in [0.25, 0.3) is 0 Å². The zero-order valence-corrected chi connectivity index (χ0v) is 10.8. The molecule has 100 valence electrons. The van der Waals surface area contributed by atoms with Gasteiger partial charge < -0.3 is 14.7 Å². The summed E-state index contributed by atoms with van der Waals surface area (Å²) in [5, 5.41) is 18.1. The normalized spacial score (nSPS) is 19.0. The Balaban J connectivity index is 2.36. The van der Waals surface area contributed by atoms with Gasteiger partial charge in [0.05, 0.1) is 31.0 Å². The van der Waals surface area contributed by atoms with Gasteiger partial charge in [-0.15, -0.1) is 0 Å². The average Bonchev–Trinajstić information content (AvgIpc) is 2.46. The number of nitrogens with zero attached hydrogens (tertiary/aromatic N) is 2. The number of Topliss-reactive ketones (excluding diaryl/α,β-unsaturated/α-hetero) is 1. The number of benzene rings is 1. The van der Waals surface area contributed by atoms with E-state index in [1.54, 1.807) is 18.2 Å². The molecule has 19 heavy (non-hydrogen) atoms. The minimum Gasteiger partial charge on any atom is -0.394 e. The molecule has 1 aromatic carbocycles. The highest BCUT2D eigenvalue weighted by Crippen LogP contribution is 2.25. The van der Waals surface area contributed by atoms with Crippen LogP contribution in [-0.2, 0) is 4.74 Å². The molecule has 2 rings (SSSR count). The lowest BCUT2D eigenvalue weighted by Gasteiger charge is -2.34. The number of anilines is 1. The molecule has 1 unspecified atom stereocenters. The topological polar surface area (TPSA) is 73.6 Å². The fourth-order valence-corrected chi connectivity index (χ4v) is 2.21. The number of ether oxygens (including phenoxy) is 1. The van der Waals surface area contributed by atoms with Crippen LogP contribution in [0, 0.1) is 11.3 Å². The first kappa shape index (κ1) is 13.5. The maximum atomic E-state index is 11.7. The number of carbonyl (C=O) groups excluding carboxylic acids is 1. The molecular weight excluding hydrogens is 244 g/mol. The van der Waals surface area contributed by atoms with E-state index in [0.29, 0.717) is 30.8 Å². The summed E-state index contributed by atoms with van der Waals surface area (Å²) in [4.78, 5) is 13.7. The summed E-state index contributed by atoms with van der Waals surface area (Å²) < 4.78 is 5.39. The lowest BCUT2D eigenvalue weighted by molar-refractivity contribution is 0.00353. The monoisotopic (exact) mass is 260 g/mol. The number of hydrogen-bond acceptors (Lipinski definition) is 5. The van der Waals surface area contributed by atoms with Gasteiger partial charge in [0.15, 0.2) is 5.78 Å². The van der Waals surface area contributed by atoms with Crippen molar-refractivity contribution in [1.82, 2.24) is 0 Å². The Morgan fingerprint density at radius 3 is 3.05 bits per heavy atom. The molecule has 0 saturated carbocycles. The molecule has 0 amide bonds. The van der Waals surface area contributed by atoms with E-state index in [1.165, 1.54) is 6.92 Å². The van der Waals surface area contributed by atoms with Crippen LogP contribution in [0.5, 0.6) is 0 Å². The Morgan fingerprint density at radius 1 is 1.63 bits per heavy atom. The SMILES string of the molecule is CC(=O)c1ccc(C#N)cc1N1CCOC(CO)C1. The molecule has 1 fully saturated rings. The Hall–Kier alpha value is -1.90. The number of rotatable bonds is 3. The van der Waals surface area contributed by atoms with Crippen LogP contribution in [0.15, 0.2) is 18.2 Å². The molecule has 0 spiro atoms. The van der Waals surface area contributed by atoms with E-state index in [4.69, 9.17) is 15.1 Å². The first-order valence-electron chi connectivity index (χ1n) is 6.18. The first-order chi connectivity index (χ1) is 9.15. The van der Waals surface area contributed by atoms with Crippen LogP contribution in [-0.4, -0.2) is 43.3 Å². The summed E-state index contributed by atoms with van der Waals surface area (Å²) in [6, 6.07) is 7.12. The van der Waals surface area contributed by atoms with E-state index in [2.05, 4.69) is 6.07 Å². The Labute approximate surface area is 112 Å². The van der Waals surface area contributed by atoms with Crippen molar-refractivity contribution in [2.24, 2.45) is 0 Å². The van der Waals surface area contributed by atoms with Gasteiger partial charge in [0.2, 0.25) is 0 Å². The zero-order valence-electron chi connectivity index (χ0n) is 10.8. The molecule has 1 heterocycles. The minimum atomic E-state index is -0.251. The van der Waals surface area contributed by atoms with Crippen LogP contribution in [0.25, 0.3) is 0 Å². The number of carbonyl (C=O) groups is 1. The summed E-state index contributed by atoms with van der Waals surface area (Å²) in [5.41, 5.74) is 1.86. The van der Waals surface area contributed by atoms with Crippen molar-refractivity contribution >= 4 is 11.5 Å². The van der Waals surface area contributed by atoms with Gasteiger partial charge >= 0.3 is 0 Å². The molecule has 1 aliphatic rings. The zero-order chi connectivity index (χ0) is 13.8. The van der Waals surface area contributed by atoms with Gasteiger partial charge in [0, 0.05) is 24.3 Å². The number of morpholine rings is 1. The molecule has 0 radical (unpaired) electrons. The molecule has 1 atom stereocenters. The lowest BCUT2D eigenvalue weighted by atomic mass is 10.0. The third kappa shape index (κ3) is 2.92. The predicted molar refractivity (Wildman–Crippen MR) is 70.2 cm³/mol. The van der Waals surface area contributed by atoms with Crippen molar-refractivity contribution in [1.29, 1.82) is 5.26 Å². The van der Waals surface area contributed by atoms with Crippen molar-refractivity contribution in [2.45, 2.75) is 13.0 Å². The molecule has 5 nitrogen and oxygen atoms in total. The average molecular weight is 260 g/mol. The number of aliphatic hydroxyl groups is 1. The smallest absolute Gasteiger partial charge is 0.161 e. The third-order valence-electron chi connectivity index (χ3n) is 3.19. The lowest BCUT2D eigenvalue weighted by Crippen LogP contribution is -2.44. The fraction of sp³-hybridized carbons (Fsp3) is 0.429. The maximum absolute atomic E-state index is 11.7. The summed E-state index contributed by atoms with van der Waals surface area (Å²) in [5.74, 6) is -0.0356. The largest absolute Gasteiger partial charge is 0.394 e.